The highest BCUT2D eigenvalue weighted by atomic mass is 32.2. The van der Waals surface area contributed by atoms with Crippen LogP contribution in [-0.4, -0.2) is 33.0 Å². The SMILES string of the molecule is CCSC1=C(C(=O)O)N2C(=O)C(=C(C)C)C2S1. The highest BCUT2D eigenvalue weighted by Gasteiger charge is 2.52. The molecule has 0 radical (unpaired) electrons. The fourth-order valence-corrected chi connectivity index (χ4v) is 4.62. The molecule has 2 rings (SSSR count). The summed E-state index contributed by atoms with van der Waals surface area (Å²) in [5.74, 6) is -0.374. The molecule has 0 aromatic rings. The van der Waals surface area contributed by atoms with Crippen LogP contribution in [0.3, 0.4) is 0 Å². The van der Waals surface area contributed by atoms with Crippen molar-refractivity contribution in [1.29, 1.82) is 0 Å². The van der Waals surface area contributed by atoms with Gasteiger partial charge < -0.3 is 5.11 Å². The minimum absolute atomic E-state index is 0.118. The first-order valence-electron chi connectivity index (χ1n) is 5.27. The number of β-lactam (4-membered cyclic amide) rings is 1. The minimum atomic E-state index is -1.02. The fraction of sp³-hybridized carbons (Fsp3) is 0.455. The fourth-order valence-electron chi connectivity index (χ4n) is 1.88. The van der Waals surface area contributed by atoms with E-state index in [0.29, 0.717) is 0 Å². The maximum atomic E-state index is 11.9. The summed E-state index contributed by atoms with van der Waals surface area (Å²) in [7, 11) is 0. The zero-order chi connectivity index (χ0) is 12.7. The molecule has 17 heavy (non-hydrogen) atoms. The molecule has 0 aromatic carbocycles. The van der Waals surface area contributed by atoms with Gasteiger partial charge in [0, 0.05) is 5.57 Å². The van der Waals surface area contributed by atoms with Gasteiger partial charge in [0.1, 0.15) is 5.37 Å². The van der Waals surface area contributed by atoms with E-state index in [4.69, 9.17) is 0 Å². The standard InChI is InChI=1S/C11H13NO3S2/c1-4-16-11-7(10(14)15)12-8(13)6(5(2)3)9(12)17-11/h9H,4H2,1-3H3,(H,14,15). The van der Waals surface area contributed by atoms with Crippen LogP contribution in [0.1, 0.15) is 20.8 Å². The van der Waals surface area contributed by atoms with Gasteiger partial charge in [-0.15, -0.1) is 11.8 Å². The second-order valence-corrected chi connectivity index (χ2v) is 6.56. The van der Waals surface area contributed by atoms with E-state index in [0.717, 1.165) is 21.1 Å². The van der Waals surface area contributed by atoms with E-state index in [1.807, 2.05) is 20.8 Å². The lowest BCUT2D eigenvalue weighted by Crippen LogP contribution is -2.51. The van der Waals surface area contributed by atoms with Gasteiger partial charge in [0.05, 0.1) is 4.24 Å². The number of carboxylic acids is 1. The Hall–Kier alpha value is -0.880. The minimum Gasteiger partial charge on any atom is -0.477 e. The van der Waals surface area contributed by atoms with Gasteiger partial charge in [-0.3, -0.25) is 9.69 Å². The van der Waals surface area contributed by atoms with Gasteiger partial charge in [0.25, 0.3) is 5.91 Å². The second-order valence-electron chi connectivity index (χ2n) is 3.93. The number of aliphatic carboxylic acids is 1. The highest BCUT2D eigenvalue weighted by Crippen LogP contribution is 2.53. The number of hydrogen-bond donors (Lipinski definition) is 1. The van der Waals surface area contributed by atoms with Crippen LogP contribution < -0.4 is 0 Å². The molecule has 0 spiro atoms. The first kappa shape index (κ1) is 12.6. The summed E-state index contributed by atoms with van der Waals surface area (Å²) >= 11 is 2.95. The number of allylic oxidation sites excluding steroid dienone is 1. The van der Waals surface area contributed by atoms with Gasteiger partial charge in [-0.25, -0.2) is 4.79 Å². The summed E-state index contributed by atoms with van der Waals surface area (Å²) in [6, 6.07) is 0. The number of nitrogens with zero attached hydrogens (tertiary/aromatic N) is 1. The van der Waals surface area contributed by atoms with E-state index in [-0.39, 0.29) is 17.0 Å². The number of carbonyl (C=O) groups excluding carboxylic acids is 1. The van der Waals surface area contributed by atoms with E-state index in [1.54, 1.807) is 0 Å². The van der Waals surface area contributed by atoms with E-state index in [1.165, 1.54) is 28.4 Å². The Labute approximate surface area is 108 Å². The van der Waals surface area contributed by atoms with Gasteiger partial charge in [-0.1, -0.05) is 24.3 Å². The van der Waals surface area contributed by atoms with Crippen molar-refractivity contribution in [2.75, 3.05) is 5.75 Å². The molecule has 2 aliphatic rings. The molecule has 4 nitrogen and oxygen atoms in total. The predicted octanol–water partition coefficient (Wildman–Crippen LogP) is 2.24. The van der Waals surface area contributed by atoms with Crippen molar-refractivity contribution in [2.45, 2.75) is 26.1 Å². The van der Waals surface area contributed by atoms with Crippen LogP contribution in [0.5, 0.6) is 0 Å². The number of thioether (sulfide) groups is 2. The first-order chi connectivity index (χ1) is 7.99. The van der Waals surface area contributed by atoms with E-state index >= 15 is 0 Å². The van der Waals surface area contributed by atoms with Crippen molar-refractivity contribution in [3.63, 3.8) is 0 Å². The maximum Gasteiger partial charge on any atom is 0.354 e. The monoisotopic (exact) mass is 271 g/mol. The molecule has 2 heterocycles. The van der Waals surface area contributed by atoms with Crippen LogP contribution >= 0.6 is 23.5 Å². The van der Waals surface area contributed by atoms with Gasteiger partial charge in [-0.05, 0) is 19.6 Å². The van der Waals surface area contributed by atoms with Crippen LogP contribution in [0.4, 0.5) is 0 Å². The number of carboxylic acid groups (broad SMARTS) is 1. The van der Waals surface area contributed by atoms with Gasteiger partial charge in [0.2, 0.25) is 0 Å². The van der Waals surface area contributed by atoms with Crippen molar-refractivity contribution in [1.82, 2.24) is 4.90 Å². The lowest BCUT2D eigenvalue weighted by Gasteiger charge is -2.37. The molecule has 0 aromatic heterocycles. The largest absolute Gasteiger partial charge is 0.477 e. The smallest absolute Gasteiger partial charge is 0.354 e. The molecule has 1 N–H and O–H groups in total. The Morgan fingerprint density at radius 3 is 2.65 bits per heavy atom. The van der Waals surface area contributed by atoms with Gasteiger partial charge in [0.15, 0.2) is 5.70 Å². The van der Waals surface area contributed by atoms with Crippen LogP contribution in [0.15, 0.2) is 21.1 Å². The van der Waals surface area contributed by atoms with Crippen molar-refractivity contribution >= 4 is 35.4 Å². The molecule has 0 saturated carbocycles. The Bertz CT molecular complexity index is 463. The molecule has 1 fully saturated rings. The molecule has 0 bridgehead atoms. The maximum absolute atomic E-state index is 11.9. The number of rotatable bonds is 3. The van der Waals surface area contributed by atoms with Crippen molar-refractivity contribution in [3.8, 4) is 0 Å². The zero-order valence-electron chi connectivity index (χ0n) is 9.81. The third kappa shape index (κ3) is 1.79. The lowest BCUT2D eigenvalue weighted by molar-refractivity contribution is -0.141. The molecule has 2 aliphatic heterocycles. The summed E-state index contributed by atoms with van der Waals surface area (Å²) in [6.07, 6.45) is 0. The third-order valence-corrected chi connectivity index (χ3v) is 5.06. The van der Waals surface area contributed by atoms with E-state index in [9.17, 15) is 14.7 Å². The van der Waals surface area contributed by atoms with Crippen LogP contribution in [0.2, 0.25) is 0 Å². The quantitative estimate of drug-likeness (QED) is 0.630. The molecule has 92 valence electrons. The molecule has 6 heteroatoms. The third-order valence-electron chi connectivity index (χ3n) is 2.60. The predicted molar refractivity (Wildman–Crippen MR) is 69.4 cm³/mol. The first-order valence-corrected chi connectivity index (χ1v) is 7.13. The summed E-state index contributed by atoms with van der Waals surface area (Å²) in [5, 5.41) is 9.06. The molecular formula is C11H13NO3S2. The van der Waals surface area contributed by atoms with Gasteiger partial charge in [-0.2, -0.15) is 0 Å². The average molecular weight is 271 g/mol. The number of fused-ring (bicyclic) bond motifs is 1. The highest BCUT2D eigenvalue weighted by molar-refractivity contribution is 8.22. The Morgan fingerprint density at radius 2 is 2.18 bits per heavy atom. The summed E-state index contributed by atoms with van der Waals surface area (Å²) < 4.78 is 0.745. The number of carbonyl (C=O) groups is 2. The van der Waals surface area contributed by atoms with Crippen LogP contribution in [0, 0.1) is 0 Å². The molecule has 1 amide bonds. The lowest BCUT2D eigenvalue weighted by atomic mass is 10.0. The summed E-state index contributed by atoms with van der Waals surface area (Å²) in [4.78, 5) is 24.5. The van der Waals surface area contributed by atoms with Crippen molar-refractivity contribution in [3.05, 3.63) is 21.1 Å². The Kier molecular flexibility index (Phi) is 3.27. The van der Waals surface area contributed by atoms with Crippen LogP contribution in [-0.2, 0) is 9.59 Å². The summed E-state index contributed by atoms with van der Waals surface area (Å²) in [5.41, 5.74) is 1.87. The van der Waals surface area contributed by atoms with Crippen molar-refractivity contribution < 1.29 is 14.7 Å². The molecule has 1 atom stereocenters. The Balaban J connectivity index is 2.36. The van der Waals surface area contributed by atoms with E-state index < -0.39 is 5.97 Å². The second kappa shape index (κ2) is 4.42. The number of amides is 1. The molecule has 1 saturated heterocycles. The van der Waals surface area contributed by atoms with E-state index in [2.05, 4.69) is 0 Å². The van der Waals surface area contributed by atoms with Gasteiger partial charge >= 0.3 is 5.97 Å². The molecule has 0 aliphatic carbocycles. The molecular weight excluding hydrogens is 258 g/mol. The van der Waals surface area contributed by atoms with Crippen LogP contribution in [0.25, 0.3) is 0 Å². The average Bonchev–Trinajstić information content (AvgIpc) is 2.53. The normalized spacial score (nSPS) is 22.8. The summed E-state index contributed by atoms with van der Waals surface area (Å²) in [6.45, 7) is 5.74. The topological polar surface area (TPSA) is 57.6 Å². The Morgan fingerprint density at radius 1 is 1.53 bits per heavy atom. The van der Waals surface area contributed by atoms with Crippen molar-refractivity contribution in [2.24, 2.45) is 0 Å². The zero-order valence-corrected chi connectivity index (χ0v) is 11.4. The number of hydrogen-bond acceptors (Lipinski definition) is 4. The molecule has 1 unspecified atom stereocenters.